The molecule has 22 heavy (non-hydrogen) atoms. The first-order valence-corrected chi connectivity index (χ1v) is 7.47. The molecular formula is C16H25ClN2O3. The second kappa shape index (κ2) is 9.66. The quantitative estimate of drug-likeness (QED) is 0.803. The Labute approximate surface area is 138 Å². The SMILES string of the molecule is COCC(N)C(=O)NCc1ccccc1OC1CCCC1.Cl. The van der Waals surface area contributed by atoms with Gasteiger partial charge in [-0.15, -0.1) is 12.4 Å². The first kappa shape index (κ1) is 18.7. The molecule has 1 aromatic carbocycles. The Morgan fingerprint density at radius 2 is 2.05 bits per heavy atom. The molecule has 6 heteroatoms. The van der Waals surface area contributed by atoms with Crippen LogP contribution in [0.4, 0.5) is 0 Å². The van der Waals surface area contributed by atoms with Crippen LogP contribution in [0.3, 0.4) is 0 Å². The topological polar surface area (TPSA) is 73.6 Å². The zero-order valence-corrected chi connectivity index (χ0v) is 13.7. The van der Waals surface area contributed by atoms with Gasteiger partial charge in [-0.2, -0.15) is 0 Å². The van der Waals surface area contributed by atoms with E-state index in [1.165, 1.54) is 20.0 Å². The van der Waals surface area contributed by atoms with Crippen LogP contribution in [0.5, 0.6) is 5.75 Å². The van der Waals surface area contributed by atoms with Gasteiger partial charge in [-0.3, -0.25) is 4.79 Å². The third-order valence-electron chi connectivity index (χ3n) is 3.70. The van der Waals surface area contributed by atoms with Gasteiger partial charge in [0.15, 0.2) is 0 Å². The second-order valence-corrected chi connectivity index (χ2v) is 5.41. The predicted octanol–water partition coefficient (Wildman–Crippen LogP) is 2.02. The number of para-hydroxylation sites is 1. The van der Waals surface area contributed by atoms with Gasteiger partial charge in [-0.1, -0.05) is 18.2 Å². The van der Waals surface area contributed by atoms with Crippen molar-refractivity contribution in [1.29, 1.82) is 0 Å². The molecule has 1 aliphatic carbocycles. The number of rotatable bonds is 7. The van der Waals surface area contributed by atoms with E-state index in [2.05, 4.69) is 5.32 Å². The van der Waals surface area contributed by atoms with E-state index in [0.717, 1.165) is 24.2 Å². The molecule has 5 nitrogen and oxygen atoms in total. The minimum absolute atomic E-state index is 0. The van der Waals surface area contributed by atoms with Crippen LogP contribution >= 0.6 is 12.4 Å². The average Bonchev–Trinajstić information content (AvgIpc) is 2.99. The monoisotopic (exact) mass is 328 g/mol. The van der Waals surface area contributed by atoms with Gasteiger partial charge >= 0.3 is 0 Å². The van der Waals surface area contributed by atoms with Crippen molar-refractivity contribution in [3.8, 4) is 5.75 Å². The molecule has 1 aromatic rings. The first-order chi connectivity index (χ1) is 10.2. The number of hydrogen-bond donors (Lipinski definition) is 2. The summed E-state index contributed by atoms with van der Waals surface area (Å²) in [7, 11) is 1.53. The van der Waals surface area contributed by atoms with Gasteiger partial charge in [-0.05, 0) is 31.7 Å². The maximum atomic E-state index is 11.8. The third-order valence-corrected chi connectivity index (χ3v) is 3.70. The summed E-state index contributed by atoms with van der Waals surface area (Å²) in [5.74, 6) is 0.637. The van der Waals surface area contributed by atoms with E-state index in [9.17, 15) is 4.79 Å². The normalized spacial score (nSPS) is 15.9. The standard InChI is InChI=1S/C16H24N2O3.ClH/c1-20-11-14(17)16(19)18-10-12-6-2-5-9-15(12)21-13-7-3-4-8-13;/h2,5-6,9,13-14H,3-4,7-8,10-11,17H2,1H3,(H,18,19);1H. The molecule has 1 saturated carbocycles. The number of carbonyl (C=O) groups excluding carboxylic acids is 1. The zero-order valence-electron chi connectivity index (χ0n) is 12.9. The highest BCUT2D eigenvalue weighted by Gasteiger charge is 2.18. The van der Waals surface area contributed by atoms with Crippen molar-refractivity contribution < 1.29 is 14.3 Å². The van der Waals surface area contributed by atoms with E-state index in [4.69, 9.17) is 15.2 Å². The second-order valence-electron chi connectivity index (χ2n) is 5.41. The van der Waals surface area contributed by atoms with E-state index >= 15 is 0 Å². The van der Waals surface area contributed by atoms with Crippen molar-refractivity contribution in [2.24, 2.45) is 5.73 Å². The van der Waals surface area contributed by atoms with Crippen LogP contribution < -0.4 is 15.8 Å². The number of carbonyl (C=O) groups is 1. The molecule has 0 bridgehead atoms. The zero-order chi connectivity index (χ0) is 15.1. The molecule has 1 atom stereocenters. The third kappa shape index (κ3) is 5.48. The number of halogens is 1. The smallest absolute Gasteiger partial charge is 0.239 e. The highest BCUT2D eigenvalue weighted by atomic mass is 35.5. The molecule has 0 aliphatic heterocycles. The van der Waals surface area contributed by atoms with Crippen LogP contribution in [0.25, 0.3) is 0 Å². The van der Waals surface area contributed by atoms with Crippen molar-refractivity contribution >= 4 is 18.3 Å². The number of benzene rings is 1. The lowest BCUT2D eigenvalue weighted by Crippen LogP contribution is -2.43. The lowest BCUT2D eigenvalue weighted by molar-refractivity contribution is -0.123. The van der Waals surface area contributed by atoms with Gasteiger partial charge in [0.2, 0.25) is 5.91 Å². The Hall–Kier alpha value is -1.30. The van der Waals surface area contributed by atoms with Crippen LogP contribution in [0.15, 0.2) is 24.3 Å². The molecule has 0 aromatic heterocycles. The summed E-state index contributed by atoms with van der Waals surface area (Å²) < 4.78 is 10.9. The molecule has 0 spiro atoms. The lowest BCUT2D eigenvalue weighted by Gasteiger charge is -2.17. The van der Waals surface area contributed by atoms with Gasteiger partial charge in [0.1, 0.15) is 11.8 Å². The van der Waals surface area contributed by atoms with Crippen molar-refractivity contribution in [1.82, 2.24) is 5.32 Å². The Bertz CT molecular complexity index is 464. The molecule has 1 unspecified atom stereocenters. The number of hydrogen-bond acceptors (Lipinski definition) is 4. The Morgan fingerprint density at radius 3 is 2.73 bits per heavy atom. The molecule has 2 rings (SSSR count). The number of nitrogens with two attached hydrogens (primary N) is 1. The predicted molar refractivity (Wildman–Crippen MR) is 88.3 cm³/mol. The van der Waals surface area contributed by atoms with Crippen LogP contribution in [0.2, 0.25) is 0 Å². The number of nitrogens with one attached hydrogen (secondary N) is 1. The van der Waals surface area contributed by atoms with Gasteiger partial charge in [0.05, 0.1) is 12.7 Å². The summed E-state index contributed by atoms with van der Waals surface area (Å²) in [6.45, 7) is 0.630. The summed E-state index contributed by atoms with van der Waals surface area (Å²) in [6.07, 6.45) is 4.99. The maximum Gasteiger partial charge on any atom is 0.239 e. The number of amides is 1. The summed E-state index contributed by atoms with van der Waals surface area (Å²) in [5.41, 5.74) is 6.67. The van der Waals surface area contributed by atoms with Crippen molar-refractivity contribution in [3.05, 3.63) is 29.8 Å². The molecule has 1 amide bonds. The number of methoxy groups -OCH3 is 1. The summed E-state index contributed by atoms with van der Waals surface area (Å²) in [5, 5.41) is 2.82. The van der Waals surface area contributed by atoms with Crippen molar-refractivity contribution in [3.63, 3.8) is 0 Å². The minimum atomic E-state index is -0.641. The first-order valence-electron chi connectivity index (χ1n) is 7.47. The molecular weight excluding hydrogens is 304 g/mol. The highest BCUT2D eigenvalue weighted by molar-refractivity contribution is 5.85. The fraction of sp³-hybridized carbons (Fsp3) is 0.562. The van der Waals surface area contributed by atoms with Gasteiger partial charge in [0.25, 0.3) is 0 Å². The van der Waals surface area contributed by atoms with Crippen LogP contribution in [-0.4, -0.2) is 31.8 Å². The van der Waals surface area contributed by atoms with Gasteiger partial charge < -0.3 is 20.5 Å². The van der Waals surface area contributed by atoms with Crippen LogP contribution in [0.1, 0.15) is 31.2 Å². The molecule has 0 radical (unpaired) electrons. The Kier molecular flexibility index (Phi) is 8.24. The van der Waals surface area contributed by atoms with Crippen molar-refractivity contribution in [2.75, 3.05) is 13.7 Å². The molecule has 3 N–H and O–H groups in total. The maximum absolute atomic E-state index is 11.8. The van der Waals surface area contributed by atoms with E-state index in [-0.39, 0.29) is 24.9 Å². The summed E-state index contributed by atoms with van der Waals surface area (Å²) in [6, 6.07) is 7.17. The minimum Gasteiger partial charge on any atom is -0.490 e. The Morgan fingerprint density at radius 1 is 1.36 bits per heavy atom. The van der Waals surface area contributed by atoms with Crippen LogP contribution in [0, 0.1) is 0 Å². The van der Waals surface area contributed by atoms with E-state index in [1.54, 1.807) is 0 Å². The highest BCUT2D eigenvalue weighted by Crippen LogP contribution is 2.26. The molecule has 1 aliphatic rings. The van der Waals surface area contributed by atoms with Crippen LogP contribution in [-0.2, 0) is 16.1 Å². The average molecular weight is 329 g/mol. The molecule has 1 fully saturated rings. The largest absolute Gasteiger partial charge is 0.490 e. The fourth-order valence-electron chi connectivity index (χ4n) is 2.52. The van der Waals surface area contributed by atoms with Gasteiger partial charge in [0, 0.05) is 19.2 Å². The van der Waals surface area contributed by atoms with Gasteiger partial charge in [-0.25, -0.2) is 0 Å². The fourth-order valence-corrected chi connectivity index (χ4v) is 2.52. The Balaban J connectivity index is 0.00000242. The van der Waals surface area contributed by atoms with Crippen molar-refractivity contribution in [2.45, 2.75) is 44.4 Å². The van der Waals surface area contributed by atoms with E-state index in [1.807, 2.05) is 24.3 Å². The lowest BCUT2D eigenvalue weighted by atomic mass is 10.2. The summed E-state index contributed by atoms with van der Waals surface area (Å²) >= 11 is 0. The molecule has 124 valence electrons. The molecule has 0 heterocycles. The van der Waals surface area contributed by atoms with E-state index < -0.39 is 6.04 Å². The summed E-state index contributed by atoms with van der Waals surface area (Å²) in [4.78, 5) is 11.8. The number of ether oxygens (including phenoxy) is 2. The van der Waals surface area contributed by atoms with E-state index in [0.29, 0.717) is 12.6 Å². The molecule has 0 saturated heterocycles.